The van der Waals surface area contributed by atoms with Crippen molar-refractivity contribution in [1.29, 1.82) is 0 Å². The molecule has 0 spiro atoms. The van der Waals surface area contributed by atoms with Gasteiger partial charge in [0.25, 0.3) is 0 Å². The van der Waals surface area contributed by atoms with Crippen molar-refractivity contribution in [3.8, 4) is 0 Å². The molecule has 1 saturated heterocycles. The molecule has 78 valence electrons. The van der Waals surface area contributed by atoms with E-state index in [9.17, 15) is 0 Å². The zero-order valence-electron chi connectivity index (χ0n) is 9.01. The molecule has 2 heteroatoms. The lowest BCUT2D eigenvalue weighted by molar-refractivity contribution is -0.00667. The Morgan fingerprint density at radius 1 is 1.38 bits per heavy atom. The molecule has 1 unspecified atom stereocenters. The molecule has 0 aromatic heterocycles. The molecule has 1 N–H and O–H groups in total. The van der Waals surface area contributed by atoms with Crippen LogP contribution in [-0.4, -0.2) is 25.8 Å². The van der Waals surface area contributed by atoms with E-state index in [2.05, 4.69) is 19.2 Å². The van der Waals surface area contributed by atoms with Gasteiger partial charge in [-0.1, -0.05) is 33.1 Å². The molecule has 1 heterocycles. The minimum absolute atomic E-state index is 0.649. The number of nitrogens with one attached hydrogen (secondary N) is 1. The van der Waals surface area contributed by atoms with E-state index < -0.39 is 0 Å². The molecule has 2 nitrogen and oxygen atoms in total. The highest BCUT2D eigenvalue weighted by Crippen LogP contribution is 2.12. The summed E-state index contributed by atoms with van der Waals surface area (Å²) in [6.45, 7) is 7.58. The van der Waals surface area contributed by atoms with Crippen molar-refractivity contribution >= 4 is 0 Å². The van der Waals surface area contributed by atoms with Crippen molar-refractivity contribution in [3.63, 3.8) is 0 Å². The maximum atomic E-state index is 5.12. The van der Waals surface area contributed by atoms with Crippen LogP contribution in [0.4, 0.5) is 0 Å². The predicted molar refractivity (Wildman–Crippen MR) is 55.9 cm³/mol. The number of hydrogen-bond acceptors (Lipinski definition) is 2. The zero-order valence-corrected chi connectivity index (χ0v) is 9.01. The van der Waals surface area contributed by atoms with Crippen molar-refractivity contribution in [2.24, 2.45) is 5.92 Å². The largest absolute Gasteiger partial charge is 0.378 e. The number of hydrogen-bond donors (Lipinski definition) is 1. The molecular weight excluding hydrogens is 162 g/mol. The van der Waals surface area contributed by atoms with Crippen molar-refractivity contribution in [1.82, 2.24) is 5.32 Å². The highest BCUT2D eigenvalue weighted by molar-refractivity contribution is 4.74. The number of unbranched alkanes of at least 4 members (excludes halogenated alkanes) is 1. The molecule has 1 aliphatic rings. The van der Waals surface area contributed by atoms with Crippen LogP contribution in [0.15, 0.2) is 0 Å². The first kappa shape index (κ1) is 11.0. The van der Waals surface area contributed by atoms with Crippen molar-refractivity contribution in [2.75, 3.05) is 19.8 Å². The third-order valence-corrected chi connectivity index (χ3v) is 2.88. The van der Waals surface area contributed by atoms with Gasteiger partial charge in [0.15, 0.2) is 0 Å². The average Bonchev–Trinajstić information content (AvgIpc) is 2.08. The van der Waals surface area contributed by atoms with Crippen LogP contribution in [0.25, 0.3) is 0 Å². The van der Waals surface area contributed by atoms with Gasteiger partial charge in [-0.15, -0.1) is 0 Å². The van der Waals surface area contributed by atoms with E-state index in [1.54, 1.807) is 0 Å². The van der Waals surface area contributed by atoms with Gasteiger partial charge in [0, 0.05) is 0 Å². The fourth-order valence-electron chi connectivity index (χ4n) is 1.63. The van der Waals surface area contributed by atoms with Crippen LogP contribution in [0.2, 0.25) is 0 Å². The Hall–Kier alpha value is -0.0800. The van der Waals surface area contributed by atoms with Crippen molar-refractivity contribution in [2.45, 2.75) is 45.6 Å². The molecule has 1 fully saturated rings. The molecule has 1 aliphatic heterocycles. The Kier molecular flexibility index (Phi) is 5.40. The average molecular weight is 185 g/mol. The van der Waals surface area contributed by atoms with E-state index in [1.165, 1.54) is 32.2 Å². The summed E-state index contributed by atoms with van der Waals surface area (Å²) in [5, 5.41) is 3.55. The Morgan fingerprint density at radius 3 is 2.62 bits per heavy atom. The summed E-state index contributed by atoms with van der Waals surface area (Å²) in [6.07, 6.45) is 5.39. The molecule has 1 atom stereocenters. The maximum absolute atomic E-state index is 5.12. The zero-order chi connectivity index (χ0) is 9.52. The summed E-state index contributed by atoms with van der Waals surface area (Å²) in [5.74, 6) is 0.876. The van der Waals surface area contributed by atoms with Gasteiger partial charge in [0.1, 0.15) is 0 Å². The molecule has 0 aliphatic carbocycles. The van der Waals surface area contributed by atoms with Gasteiger partial charge < -0.3 is 10.1 Å². The Balaban J connectivity index is 2.00. The lowest BCUT2D eigenvalue weighted by Crippen LogP contribution is -2.47. The molecule has 0 radical (unpaired) electrons. The predicted octanol–water partition coefficient (Wildman–Crippen LogP) is 2.19. The first-order chi connectivity index (χ1) is 6.36. The van der Waals surface area contributed by atoms with Crippen LogP contribution in [0.5, 0.6) is 0 Å². The van der Waals surface area contributed by atoms with Crippen molar-refractivity contribution in [3.05, 3.63) is 0 Å². The van der Waals surface area contributed by atoms with E-state index >= 15 is 0 Å². The Morgan fingerprint density at radius 2 is 2.15 bits per heavy atom. The van der Waals surface area contributed by atoms with E-state index in [-0.39, 0.29) is 0 Å². The maximum Gasteiger partial charge on any atom is 0.0643 e. The molecule has 1 rings (SSSR count). The first-order valence-electron chi connectivity index (χ1n) is 5.68. The van der Waals surface area contributed by atoms with E-state index in [0.29, 0.717) is 6.04 Å². The van der Waals surface area contributed by atoms with Crippen molar-refractivity contribution < 1.29 is 4.74 Å². The van der Waals surface area contributed by atoms with E-state index in [0.717, 1.165) is 19.1 Å². The van der Waals surface area contributed by atoms with Crippen LogP contribution >= 0.6 is 0 Å². The van der Waals surface area contributed by atoms with E-state index in [4.69, 9.17) is 4.74 Å². The Labute approximate surface area is 82.0 Å². The molecule has 0 saturated carbocycles. The SMILES string of the molecule is CCCCC(CC)CNC1COC1. The van der Waals surface area contributed by atoms with Crippen LogP contribution < -0.4 is 5.32 Å². The van der Waals surface area contributed by atoms with Gasteiger partial charge in [-0.25, -0.2) is 0 Å². The first-order valence-corrected chi connectivity index (χ1v) is 5.68. The van der Waals surface area contributed by atoms with Crippen LogP contribution in [0.3, 0.4) is 0 Å². The van der Waals surface area contributed by atoms with Gasteiger partial charge in [0.05, 0.1) is 19.3 Å². The van der Waals surface area contributed by atoms with E-state index in [1.807, 2.05) is 0 Å². The minimum Gasteiger partial charge on any atom is -0.378 e. The summed E-state index contributed by atoms with van der Waals surface area (Å²) in [6, 6.07) is 0.649. The lowest BCUT2D eigenvalue weighted by Gasteiger charge is -2.28. The topological polar surface area (TPSA) is 21.3 Å². The van der Waals surface area contributed by atoms with Gasteiger partial charge in [0.2, 0.25) is 0 Å². The molecule has 0 bridgehead atoms. The molecule has 0 aromatic carbocycles. The second-order valence-corrected chi connectivity index (χ2v) is 4.06. The second-order valence-electron chi connectivity index (χ2n) is 4.06. The lowest BCUT2D eigenvalue weighted by atomic mass is 9.99. The van der Waals surface area contributed by atoms with Gasteiger partial charge >= 0.3 is 0 Å². The summed E-state index contributed by atoms with van der Waals surface area (Å²) in [7, 11) is 0. The second kappa shape index (κ2) is 6.39. The van der Waals surface area contributed by atoms with Gasteiger partial charge in [-0.05, 0) is 18.9 Å². The third kappa shape index (κ3) is 4.10. The monoisotopic (exact) mass is 185 g/mol. The number of ether oxygens (including phenoxy) is 1. The fourth-order valence-corrected chi connectivity index (χ4v) is 1.63. The highest BCUT2D eigenvalue weighted by atomic mass is 16.5. The quantitative estimate of drug-likeness (QED) is 0.656. The Bertz CT molecular complexity index is 123. The highest BCUT2D eigenvalue weighted by Gasteiger charge is 2.18. The molecule has 13 heavy (non-hydrogen) atoms. The molecule has 0 amide bonds. The smallest absolute Gasteiger partial charge is 0.0643 e. The minimum atomic E-state index is 0.649. The summed E-state index contributed by atoms with van der Waals surface area (Å²) in [5.41, 5.74) is 0. The number of rotatable bonds is 7. The normalized spacial score (nSPS) is 19.8. The fraction of sp³-hybridized carbons (Fsp3) is 1.00. The van der Waals surface area contributed by atoms with Crippen LogP contribution in [0, 0.1) is 5.92 Å². The molecular formula is C11H23NO. The summed E-state index contributed by atoms with van der Waals surface area (Å²) < 4.78 is 5.12. The van der Waals surface area contributed by atoms with Gasteiger partial charge in [-0.2, -0.15) is 0 Å². The summed E-state index contributed by atoms with van der Waals surface area (Å²) in [4.78, 5) is 0. The molecule has 0 aromatic rings. The van der Waals surface area contributed by atoms with Gasteiger partial charge in [-0.3, -0.25) is 0 Å². The van der Waals surface area contributed by atoms with Crippen LogP contribution in [-0.2, 0) is 4.74 Å². The third-order valence-electron chi connectivity index (χ3n) is 2.88. The summed E-state index contributed by atoms with van der Waals surface area (Å²) >= 11 is 0. The van der Waals surface area contributed by atoms with Crippen LogP contribution in [0.1, 0.15) is 39.5 Å². The standard InChI is InChI=1S/C11H23NO/c1-3-5-6-10(4-2)7-12-11-8-13-9-11/h10-12H,3-9H2,1-2H3.